The number of ether oxygens (including phenoxy) is 1. The molecule has 5 rings (SSSR count). The Morgan fingerprint density at radius 1 is 1.30 bits per heavy atom. The quantitative estimate of drug-likeness (QED) is 0.602. The molecule has 1 fully saturated rings. The number of fused-ring (bicyclic) bond motifs is 2. The number of halogens is 2. The van der Waals surface area contributed by atoms with Gasteiger partial charge in [-0.25, -0.2) is 0 Å². The third kappa shape index (κ3) is 3.35. The Labute approximate surface area is 190 Å². The smallest absolute Gasteiger partial charge is 0.219 e. The number of benzene rings is 1. The van der Waals surface area contributed by atoms with Gasteiger partial charge in [0, 0.05) is 54.5 Å². The van der Waals surface area contributed by atoms with E-state index in [2.05, 4.69) is 38.5 Å². The largest absolute Gasteiger partial charge is 0.379 e. The molecule has 2 aromatic rings. The summed E-state index contributed by atoms with van der Waals surface area (Å²) < 4.78 is 8.77. The van der Waals surface area contributed by atoms with Crippen LogP contribution in [0.25, 0.3) is 0 Å². The highest BCUT2D eigenvalue weighted by atomic mass is 79.9. The van der Waals surface area contributed by atoms with E-state index in [9.17, 15) is 4.79 Å². The van der Waals surface area contributed by atoms with Crippen molar-refractivity contribution in [3.63, 3.8) is 0 Å². The molecule has 4 heterocycles. The van der Waals surface area contributed by atoms with Gasteiger partial charge in [-0.15, -0.1) is 0 Å². The van der Waals surface area contributed by atoms with Crippen molar-refractivity contribution in [1.82, 2.24) is 14.7 Å². The van der Waals surface area contributed by atoms with Crippen molar-refractivity contribution in [2.24, 2.45) is 0 Å². The van der Waals surface area contributed by atoms with Gasteiger partial charge in [-0.3, -0.25) is 9.48 Å². The number of nitrogens with zero attached hydrogens (tertiary/aromatic N) is 4. The number of rotatable bonds is 2. The molecule has 3 aliphatic heterocycles. The van der Waals surface area contributed by atoms with Crippen LogP contribution < -0.4 is 4.90 Å². The summed E-state index contributed by atoms with van der Waals surface area (Å²) in [6, 6.07) is 4.46. The van der Waals surface area contributed by atoms with E-state index in [4.69, 9.17) is 21.4 Å². The Balaban J connectivity index is 1.64. The molecule has 0 radical (unpaired) electrons. The van der Waals surface area contributed by atoms with Crippen molar-refractivity contribution < 1.29 is 9.53 Å². The second-order valence-corrected chi connectivity index (χ2v) is 9.83. The van der Waals surface area contributed by atoms with E-state index in [0.29, 0.717) is 24.1 Å². The maximum atomic E-state index is 12.1. The van der Waals surface area contributed by atoms with Crippen molar-refractivity contribution in [3.8, 4) is 0 Å². The van der Waals surface area contributed by atoms with Gasteiger partial charge in [-0.1, -0.05) is 18.5 Å². The summed E-state index contributed by atoms with van der Waals surface area (Å²) in [6.45, 7) is 7.63. The first-order valence-electron chi connectivity index (χ1n) is 10.6. The fraction of sp³-hybridized carbons (Fsp3) is 0.545. The molecule has 0 bridgehead atoms. The molecule has 1 aromatic heterocycles. The minimum absolute atomic E-state index is 0.114. The van der Waals surface area contributed by atoms with Gasteiger partial charge < -0.3 is 14.5 Å². The maximum Gasteiger partial charge on any atom is 0.219 e. The molecule has 160 valence electrons. The number of carbonyl (C=O) groups is 1. The average Bonchev–Trinajstić information content (AvgIpc) is 3.37. The van der Waals surface area contributed by atoms with Gasteiger partial charge in [-0.05, 0) is 52.4 Å². The molecule has 30 heavy (non-hydrogen) atoms. The van der Waals surface area contributed by atoms with Crippen LogP contribution >= 0.6 is 27.5 Å². The molecule has 1 amide bonds. The number of anilines is 2. The maximum absolute atomic E-state index is 12.1. The Kier molecular flexibility index (Phi) is 5.32. The molecule has 8 heteroatoms. The predicted octanol–water partition coefficient (Wildman–Crippen LogP) is 4.81. The Morgan fingerprint density at radius 2 is 2.13 bits per heavy atom. The van der Waals surface area contributed by atoms with E-state index in [-0.39, 0.29) is 11.9 Å². The molecule has 1 aromatic carbocycles. The molecule has 0 N–H and O–H groups in total. The molecular formula is C22H26BrClN4O2. The van der Waals surface area contributed by atoms with Crippen LogP contribution in [0.4, 0.5) is 11.5 Å². The summed E-state index contributed by atoms with van der Waals surface area (Å²) in [4.78, 5) is 16.4. The van der Waals surface area contributed by atoms with E-state index in [0.717, 1.165) is 54.9 Å². The molecule has 2 atom stereocenters. The highest BCUT2D eigenvalue weighted by molar-refractivity contribution is 9.10. The predicted molar refractivity (Wildman–Crippen MR) is 121 cm³/mol. The third-order valence-corrected chi connectivity index (χ3v) is 7.89. The average molecular weight is 494 g/mol. The fourth-order valence-electron chi connectivity index (χ4n) is 4.93. The van der Waals surface area contributed by atoms with Crippen LogP contribution in [0.5, 0.6) is 0 Å². The lowest BCUT2D eigenvalue weighted by Gasteiger charge is -2.35. The summed E-state index contributed by atoms with van der Waals surface area (Å²) in [5.41, 5.74) is 4.82. The van der Waals surface area contributed by atoms with Gasteiger partial charge in [0.05, 0.1) is 24.2 Å². The summed E-state index contributed by atoms with van der Waals surface area (Å²) in [5.74, 6) is 1.54. The van der Waals surface area contributed by atoms with Crippen molar-refractivity contribution in [2.75, 3.05) is 31.2 Å². The first-order valence-corrected chi connectivity index (χ1v) is 11.8. The van der Waals surface area contributed by atoms with Gasteiger partial charge in [0.15, 0.2) is 5.82 Å². The Morgan fingerprint density at radius 3 is 2.87 bits per heavy atom. The molecule has 6 nitrogen and oxygen atoms in total. The second-order valence-electron chi connectivity index (χ2n) is 8.57. The summed E-state index contributed by atoms with van der Waals surface area (Å²) >= 11 is 10.1. The number of carbonyl (C=O) groups excluding carboxylic acids is 1. The second kappa shape index (κ2) is 7.84. The summed E-state index contributed by atoms with van der Waals surface area (Å²) in [7, 11) is 0. The topological polar surface area (TPSA) is 50.6 Å². The van der Waals surface area contributed by atoms with Gasteiger partial charge in [0.25, 0.3) is 0 Å². The lowest BCUT2D eigenvalue weighted by molar-refractivity contribution is -0.129. The van der Waals surface area contributed by atoms with Crippen molar-refractivity contribution >= 4 is 44.9 Å². The van der Waals surface area contributed by atoms with E-state index >= 15 is 0 Å². The van der Waals surface area contributed by atoms with Crippen LogP contribution in [0.2, 0.25) is 5.02 Å². The molecule has 2 unspecified atom stereocenters. The van der Waals surface area contributed by atoms with Crippen LogP contribution in [-0.4, -0.2) is 46.9 Å². The number of aromatic nitrogens is 2. The summed E-state index contributed by atoms with van der Waals surface area (Å²) in [6.07, 6.45) is 2.86. The van der Waals surface area contributed by atoms with Crippen molar-refractivity contribution in [3.05, 3.63) is 38.4 Å². The van der Waals surface area contributed by atoms with Crippen molar-refractivity contribution in [2.45, 2.75) is 51.6 Å². The molecule has 0 aliphatic carbocycles. The standard InChI is InChI=1S/C22H26BrClN4O2/c1-13-3-7-27(21-10-19(24)18(23)9-16(13)21)22-17-11-26(14(2)29)6-4-20(17)28(25-22)15-5-8-30-12-15/h9-10,13,15H,3-8,11-12H2,1-2H3. The number of amides is 1. The Hall–Kier alpha value is -1.57. The first-order chi connectivity index (χ1) is 14.4. The normalized spacial score (nSPS) is 23.5. The fourth-order valence-corrected chi connectivity index (χ4v) is 5.45. The molecule has 0 saturated carbocycles. The van der Waals surface area contributed by atoms with Gasteiger partial charge in [0.2, 0.25) is 5.91 Å². The van der Waals surface area contributed by atoms with Gasteiger partial charge >= 0.3 is 0 Å². The van der Waals surface area contributed by atoms with E-state index < -0.39 is 0 Å². The SMILES string of the molecule is CC(=O)N1CCc2c(c(N3CCC(C)c4cc(Br)c(Cl)cc43)nn2C2CCOC2)C1. The van der Waals surface area contributed by atoms with Gasteiger partial charge in [-0.2, -0.15) is 5.10 Å². The lowest BCUT2D eigenvalue weighted by Crippen LogP contribution is -2.36. The lowest BCUT2D eigenvalue weighted by atomic mass is 9.91. The van der Waals surface area contributed by atoms with Crippen LogP contribution in [0.3, 0.4) is 0 Å². The zero-order chi connectivity index (χ0) is 21.0. The molecule has 1 saturated heterocycles. The molecule has 0 spiro atoms. The number of hydrogen-bond acceptors (Lipinski definition) is 4. The highest BCUT2D eigenvalue weighted by Crippen LogP contribution is 2.45. The van der Waals surface area contributed by atoms with E-state index in [1.54, 1.807) is 6.92 Å². The number of hydrogen-bond donors (Lipinski definition) is 0. The van der Waals surface area contributed by atoms with Crippen LogP contribution in [0, 0.1) is 0 Å². The molecule has 3 aliphatic rings. The zero-order valence-corrected chi connectivity index (χ0v) is 19.7. The monoisotopic (exact) mass is 492 g/mol. The zero-order valence-electron chi connectivity index (χ0n) is 17.3. The first kappa shape index (κ1) is 20.3. The van der Waals surface area contributed by atoms with E-state index in [1.807, 2.05) is 11.0 Å². The Bertz CT molecular complexity index is 1000. The highest BCUT2D eigenvalue weighted by Gasteiger charge is 2.34. The van der Waals surface area contributed by atoms with Crippen molar-refractivity contribution in [1.29, 1.82) is 0 Å². The molecular weight excluding hydrogens is 468 g/mol. The van der Waals surface area contributed by atoms with Crippen LogP contribution in [-0.2, 0) is 22.5 Å². The van der Waals surface area contributed by atoms with Gasteiger partial charge in [0.1, 0.15) is 0 Å². The van der Waals surface area contributed by atoms with Crippen LogP contribution in [0.15, 0.2) is 16.6 Å². The minimum atomic E-state index is 0.114. The third-order valence-electron chi connectivity index (χ3n) is 6.69. The minimum Gasteiger partial charge on any atom is -0.379 e. The van der Waals surface area contributed by atoms with E-state index in [1.165, 1.54) is 16.8 Å². The summed E-state index contributed by atoms with van der Waals surface area (Å²) in [5, 5.41) is 5.84. The van der Waals surface area contributed by atoms with Crippen LogP contribution in [0.1, 0.15) is 55.5 Å².